The normalized spacial score (nSPS) is 12.4. The maximum Gasteiger partial charge on any atom is 0.408 e. The van der Waals surface area contributed by atoms with Gasteiger partial charge in [-0.1, -0.05) is 0 Å². The summed E-state index contributed by atoms with van der Waals surface area (Å²) in [5, 5.41) is 13.5. The lowest BCUT2D eigenvalue weighted by Crippen LogP contribution is -2.44. The highest BCUT2D eigenvalue weighted by molar-refractivity contribution is 5.81. The van der Waals surface area contributed by atoms with Crippen molar-refractivity contribution in [1.82, 2.24) is 10.6 Å². The smallest absolute Gasteiger partial charge is 0.408 e. The summed E-state index contributed by atoms with van der Waals surface area (Å²) in [6, 6.07) is -1.14. The zero-order chi connectivity index (χ0) is 14.3. The molecule has 3 N–H and O–H groups in total. The molecule has 0 aliphatic heterocycles. The van der Waals surface area contributed by atoms with Gasteiger partial charge in [0.15, 0.2) is 0 Å². The molecule has 0 rings (SSSR count). The van der Waals surface area contributed by atoms with Gasteiger partial charge in [0.25, 0.3) is 0 Å². The van der Waals surface area contributed by atoms with E-state index in [9.17, 15) is 14.4 Å². The number of carbonyl (C=O) groups excluding carboxylic acids is 2. The fourth-order valence-electron chi connectivity index (χ4n) is 1.11. The van der Waals surface area contributed by atoms with E-state index in [2.05, 4.69) is 10.6 Å². The number of amides is 2. The second-order valence-corrected chi connectivity index (χ2v) is 4.75. The number of aliphatic carboxylic acids is 1. The summed E-state index contributed by atoms with van der Waals surface area (Å²) in [7, 11) is 1.46. The number of nitrogens with one attached hydrogen (secondary N) is 2. The maximum absolute atomic E-state index is 11.4. The van der Waals surface area contributed by atoms with Crippen LogP contribution in [0.15, 0.2) is 0 Å². The summed E-state index contributed by atoms with van der Waals surface area (Å²) < 4.78 is 4.94. The lowest BCUT2D eigenvalue weighted by molar-refractivity contribution is -0.139. The number of carbonyl (C=O) groups is 3. The van der Waals surface area contributed by atoms with E-state index < -0.39 is 23.7 Å². The molecular formula is C11H20N2O5. The third-order valence-electron chi connectivity index (χ3n) is 1.93. The van der Waals surface area contributed by atoms with Gasteiger partial charge in [0.1, 0.15) is 11.6 Å². The van der Waals surface area contributed by atoms with Crippen molar-refractivity contribution in [2.45, 2.75) is 45.3 Å². The summed E-state index contributed by atoms with van der Waals surface area (Å²) in [5.74, 6) is -1.49. The predicted molar refractivity (Wildman–Crippen MR) is 64.1 cm³/mol. The molecule has 7 nitrogen and oxygen atoms in total. The Morgan fingerprint density at radius 2 is 1.83 bits per heavy atom. The van der Waals surface area contributed by atoms with E-state index in [4.69, 9.17) is 9.84 Å². The topological polar surface area (TPSA) is 105 Å². The first-order valence-electron chi connectivity index (χ1n) is 5.58. The molecule has 104 valence electrons. The highest BCUT2D eigenvalue weighted by atomic mass is 16.6. The highest BCUT2D eigenvalue weighted by Crippen LogP contribution is 2.07. The number of alkyl carbamates (subject to hydrolysis) is 1. The van der Waals surface area contributed by atoms with E-state index in [1.807, 2.05) is 0 Å². The largest absolute Gasteiger partial charge is 0.480 e. The van der Waals surface area contributed by atoms with E-state index in [1.54, 1.807) is 20.8 Å². The summed E-state index contributed by atoms with van der Waals surface area (Å²) in [5.41, 5.74) is -0.700. The molecule has 1 unspecified atom stereocenters. The van der Waals surface area contributed by atoms with Crippen molar-refractivity contribution in [2.24, 2.45) is 0 Å². The summed E-state index contributed by atoms with van der Waals surface area (Å²) in [4.78, 5) is 33.3. The lowest BCUT2D eigenvalue weighted by Gasteiger charge is -2.21. The van der Waals surface area contributed by atoms with Crippen LogP contribution in [0.3, 0.4) is 0 Å². The van der Waals surface area contributed by atoms with Crippen molar-refractivity contribution in [3.63, 3.8) is 0 Å². The molecule has 2 amide bonds. The van der Waals surface area contributed by atoms with Gasteiger partial charge in [0.05, 0.1) is 0 Å². The number of carboxylic acid groups (broad SMARTS) is 1. The second-order valence-electron chi connectivity index (χ2n) is 4.75. The van der Waals surface area contributed by atoms with Crippen LogP contribution >= 0.6 is 0 Å². The van der Waals surface area contributed by atoms with Crippen molar-refractivity contribution < 1.29 is 24.2 Å². The van der Waals surface area contributed by atoms with Crippen molar-refractivity contribution >= 4 is 18.0 Å². The van der Waals surface area contributed by atoms with E-state index in [1.165, 1.54) is 7.05 Å². The first-order valence-corrected chi connectivity index (χ1v) is 5.58. The Morgan fingerprint density at radius 3 is 2.22 bits per heavy atom. The fraction of sp³-hybridized carbons (Fsp3) is 0.727. The molecule has 0 aromatic carbocycles. The molecule has 0 aliphatic carbocycles. The van der Waals surface area contributed by atoms with Gasteiger partial charge in [-0.25, -0.2) is 9.59 Å². The first-order chi connectivity index (χ1) is 8.15. The highest BCUT2D eigenvalue weighted by Gasteiger charge is 2.24. The van der Waals surface area contributed by atoms with E-state index in [0.29, 0.717) is 0 Å². The van der Waals surface area contributed by atoms with Crippen molar-refractivity contribution in [2.75, 3.05) is 7.05 Å². The van der Waals surface area contributed by atoms with Crippen LogP contribution in [0.5, 0.6) is 0 Å². The maximum atomic E-state index is 11.4. The number of hydrogen-bond acceptors (Lipinski definition) is 4. The Labute approximate surface area is 106 Å². The molecule has 0 saturated carbocycles. The van der Waals surface area contributed by atoms with E-state index >= 15 is 0 Å². The van der Waals surface area contributed by atoms with Crippen molar-refractivity contribution in [3.8, 4) is 0 Å². The van der Waals surface area contributed by atoms with Gasteiger partial charge in [-0.3, -0.25) is 4.79 Å². The molecule has 0 heterocycles. The molecule has 0 aliphatic rings. The standard InChI is InChI=1S/C11H20N2O5/c1-11(2,3)18-10(17)13-7(9(15)16)5-6-8(14)12-4/h7H,5-6H2,1-4H3,(H,12,14)(H,13,17)(H,15,16). The molecule has 1 atom stereocenters. The van der Waals surface area contributed by atoms with Crippen LogP contribution in [-0.2, 0) is 14.3 Å². The van der Waals surface area contributed by atoms with Crippen LogP contribution in [0.2, 0.25) is 0 Å². The van der Waals surface area contributed by atoms with Crippen molar-refractivity contribution in [1.29, 1.82) is 0 Å². The number of carboxylic acids is 1. The molecule has 0 aromatic rings. The zero-order valence-electron chi connectivity index (χ0n) is 11.1. The van der Waals surface area contributed by atoms with Gasteiger partial charge in [-0.15, -0.1) is 0 Å². The minimum Gasteiger partial charge on any atom is -0.480 e. The average Bonchev–Trinajstić information content (AvgIpc) is 2.20. The van der Waals surface area contributed by atoms with Crippen LogP contribution in [0, 0.1) is 0 Å². The monoisotopic (exact) mass is 260 g/mol. The summed E-state index contributed by atoms with van der Waals surface area (Å²) in [6.07, 6.45) is -0.788. The Morgan fingerprint density at radius 1 is 1.28 bits per heavy atom. The summed E-state index contributed by atoms with van der Waals surface area (Å²) >= 11 is 0. The van der Waals surface area contributed by atoms with Crippen LogP contribution in [0.1, 0.15) is 33.6 Å². The Kier molecular flexibility index (Phi) is 6.15. The van der Waals surface area contributed by atoms with Crippen LogP contribution in [0.25, 0.3) is 0 Å². The van der Waals surface area contributed by atoms with Crippen LogP contribution in [-0.4, -0.2) is 41.8 Å². The molecule has 0 fully saturated rings. The molecule has 0 aromatic heterocycles. The lowest BCUT2D eigenvalue weighted by atomic mass is 10.1. The minimum absolute atomic E-state index is 0.00818. The average molecular weight is 260 g/mol. The van der Waals surface area contributed by atoms with Crippen LogP contribution in [0.4, 0.5) is 4.79 Å². The molecule has 7 heteroatoms. The predicted octanol–water partition coefficient (Wildman–Crippen LogP) is 0.491. The van der Waals surface area contributed by atoms with E-state index in [0.717, 1.165) is 0 Å². The number of hydrogen-bond donors (Lipinski definition) is 3. The Balaban J connectivity index is 4.32. The molecule has 18 heavy (non-hydrogen) atoms. The van der Waals surface area contributed by atoms with Gasteiger partial charge in [0.2, 0.25) is 5.91 Å². The number of ether oxygens (including phenoxy) is 1. The van der Waals surface area contributed by atoms with Gasteiger partial charge in [-0.05, 0) is 27.2 Å². The SMILES string of the molecule is CNC(=O)CCC(NC(=O)OC(C)(C)C)C(=O)O. The first kappa shape index (κ1) is 16.2. The number of rotatable bonds is 5. The quantitative estimate of drug-likeness (QED) is 0.667. The third-order valence-corrected chi connectivity index (χ3v) is 1.93. The third kappa shape index (κ3) is 7.48. The second kappa shape index (κ2) is 6.83. The molecule has 0 spiro atoms. The minimum atomic E-state index is -1.20. The van der Waals surface area contributed by atoms with Crippen molar-refractivity contribution in [3.05, 3.63) is 0 Å². The molecule has 0 radical (unpaired) electrons. The zero-order valence-corrected chi connectivity index (χ0v) is 11.1. The molecule has 0 saturated heterocycles. The molecular weight excluding hydrogens is 240 g/mol. The van der Waals surface area contributed by atoms with Gasteiger partial charge in [-0.2, -0.15) is 0 Å². The molecule has 0 bridgehead atoms. The van der Waals surface area contributed by atoms with E-state index in [-0.39, 0.29) is 18.7 Å². The Hall–Kier alpha value is -1.79. The summed E-state index contributed by atoms with van der Waals surface area (Å²) in [6.45, 7) is 5.02. The van der Waals surface area contributed by atoms with Gasteiger partial charge in [0, 0.05) is 13.5 Å². The van der Waals surface area contributed by atoms with Gasteiger partial charge < -0.3 is 20.5 Å². The van der Waals surface area contributed by atoms with Crippen LogP contribution < -0.4 is 10.6 Å². The fourth-order valence-corrected chi connectivity index (χ4v) is 1.11. The Bertz CT molecular complexity index is 322. The van der Waals surface area contributed by atoms with Gasteiger partial charge >= 0.3 is 12.1 Å².